The number of rotatable bonds is 4. The number of carbonyl (C=O) groups excluding carboxylic acids is 2. The lowest BCUT2D eigenvalue weighted by Crippen LogP contribution is -2.51. The van der Waals surface area contributed by atoms with Crippen LogP contribution in [0.15, 0.2) is 18.2 Å². The predicted molar refractivity (Wildman–Crippen MR) is 93.2 cm³/mol. The topological polar surface area (TPSA) is 43.9 Å². The van der Waals surface area contributed by atoms with Crippen molar-refractivity contribution in [1.29, 1.82) is 0 Å². The molecule has 7 heteroatoms. The summed E-state index contributed by atoms with van der Waals surface area (Å²) in [6.45, 7) is 7.63. The number of nitrogens with zero attached hydrogens (tertiary/aromatic N) is 3. The lowest BCUT2D eigenvalue weighted by Gasteiger charge is -2.35. The second-order valence-corrected chi connectivity index (χ2v) is 6.42. The van der Waals surface area contributed by atoms with E-state index in [0.29, 0.717) is 28.8 Å². The Kier molecular flexibility index (Phi) is 6.27. The molecule has 0 aliphatic carbocycles. The molecule has 1 aromatic rings. The van der Waals surface area contributed by atoms with Gasteiger partial charge in [-0.3, -0.25) is 9.59 Å². The number of benzene rings is 1. The Bertz CT molecular complexity index is 566. The molecule has 0 N–H and O–H groups in total. The Hall–Kier alpha value is -1.30. The average Bonchev–Trinajstić information content (AvgIpc) is 2.51. The van der Waals surface area contributed by atoms with E-state index in [4.69, 9.17) is 23.2 Å². The highest BCUT2D eigenvalue weighted by molar-refractivity contribution is 6.35. The molecule has 1 aromatic carbocycles. The Balaban J connectivity index is 2.07. The maximum atomic E-state index is 12.5. The Morgan fingerprint density at radius 1 is 1.09 bits per heavy atom. The normalized spacial score (nSPS) is 15.6. The molecule has 126 valence electrons. The number of anilines is 1. The smallest absolute Gasteiger partial charge is 0.242 e. The van der Waals surface area contributed by atoms with Crippen LogP contribution in [0, 0.1) is 0 Å². The monoisotopic (exact) mass is 357 g/mol. The van der Waals surface area contributed by atoms with Crippen LogP contribution in [0.25, 0.3) is 0 Å². The van der Waals surface area contributed by atoms with E-state index in [1.54, 1.807) is 23.1 Å². The van der Waals surface area contributed by atoms with E-state index in [1.807, 2.05) is 0 Å². The third kappa shape index (κ3) is 4.83. The van der Waals surface area contributed by atoms with Crippen molar-refractivity contribution in [3.05, 3.63) is 28.2 Å². The first-order valence-corrected chi connectivity index (χ1v) is 8.40. The second kappa shape index (κ2) is 7.99. The summed E-state index contributed by atoms with van der Waals surface area (Å²) in [5.74, 6) is -0.282. The van der Waals surface area contributed by atoms with Crippen molar-refractivity contribution in [3.63, 3.8) is 0 Å². The van der Waals surface area contributed by atoms with Gasteiger partial charge in [-0.05, 0) is 24.7 Å². The minimum Gasteiger partial charge on any atom is -0.339 e. The average molecular weight is 358 g/mol. The molecule has 0 unspecified atom stereocenters. The first-order valence-electron chi connectivity index (χ1n) is 7.65. The molecule has 0 radical (unpaired) electrons. The minimum atomic E-state index is -0.219. The number of amides is 2. The fraction of sp³-hybridized carbons (Fsp3) is 0.500. The Morgan fingerprint density at radius 2 is 1.65 bits per heavy atom. The van der Waals surface area contributed by atoms with Crippen molar-refractivity contribution in [2.45, 2.75) is 13.8 Å². The zero-order valence-electron chi connectivity index (χ0n) is 13.4. The van der Waals surface area contributed by atoms with Gasteiger partial charge in [0.05, 0.1) is 0 Å². The van der Waals surface area contributed by atoms with E-state index in [9.17, 15) is 9.59 Å². The summed E-state index contributed by atoms with van der Waals surface area (Å²) >= 11 is 12.0. The Labute approximate surface area is 146 Å². The SMILES string of the molecule is CCN1CCN(C(=O)CN(C(C)=O)c2cc(Cl)cc(Cl)c2)CC1. The van der Waals surface area contributed by atoms with Crippen LogP contribution in [-0.2, 0) is 9.59 Å². The summed E-state index contributed by atoms with van der Waals surface area (Å²) in [4.78, 5) is 29.9. The molecule has 0 aromatic heterocycles. The molecule has 1 heterocycles. The van der Waals surface area contributed by atoms with Gasteiger partial charge in [0.1, 0.15) is 6.54 Å². The number of carbonyl (C=O) groups is 2. The van der Waals surface area contributed by atoms with Gasteiger partial charge in [-0.25, -0.2) is 0 Å². The number of piperazine rings is 1. The van der Waals surface area contributed by atoms with Gasteiger partial charge in [0.2, 0.25) is 11.8 Å². The van der Waals surface area contributed by atoms with Crippen LogP contribution in [0.5, 0.6) is 0 Å². The summed E-state index contributed by atoms with van der Waals surface area (Å²) in [6.07, 6.45) is 0. The molecule has 5 nitrogen and oxygen atoms in total. The standard InChI is InChI=1S/C16H21Cl2N3O2/c1-3-19-4-6-20(7-5-19)16(23)11-21(12(2)22)15-9-13(17)8-14(18)10-15/h8-10H,3-7,11H2,1-2H3. The van der Waals surface area contributed by atoms with Gasteiger partial charge >= 0.3 is 0 Å². The van der Waals surface area contributed by atoms with E-state index in [-0.39, 0.29) is 18.4 Å². The summed E-state index contributed by atoms with van der Waals surface area (Å²) in [5, 5.41) is 0.866. The van der Waals surface area contributed by atoms with Crippen LogP contribution in [0.3, 0.4) is 0 Å². The van der Waals surface area contributed by atoms with Gasteiger partial charge in [0, 0.05) is 48.8 Å². The molecule has 2 amide bonds. The van der Waals surface area contributed by atoms with Crippen molar-refractivity contribution in [2.75, 3.05) is 44.2 Å². The molecule has 2 rings (SSSR count). The molecular formula is C16H21Cl2N3O2. The third-order valence-corrected chi connectivity index (χ3v) is 4.44. The van der Waals surface area contributed by atoms with Crippen LogP contribution in [0.2, 0.25) is 10.0 Å². The van der Waals surface area contributed by atoms with Crippen molar-refractivity contribution in [3.8, 4) is 0 Å². The quantitative estimate of drug-likeness (QED) is 0.831. The van der Waals surface area contributed by atoms with Crippen molar-refractivity contribution < 1.29 is 9.59 Å². The summed E-state index contributed by atoms with van der Waals surface area (Å²) in [6, 6.07) is 4.87. The van der Waals surface area contributed by atoms with Crippen molar-refractivity contribution in [2.24, 2.45) is 0 Å². The molecule has 23 heavy (non-hydrogen) atoms. The van der Waals surface area contributed by atoms with E-state index in [0.717, 1.165) is 19.6 Å². The first kappa shape index (κ1) is 18.0. The van der Waals surface area contributed by atoms with Crippen LogP contribution in [0.1, 0.15) is 13.8 Å². The van der Waals surface area contributed by atoms with Gasteiger partial charge < -0.3 is 14.7 Å². The lowest BCUT2D eigenvalue weighted by atomic mass is 10.2. The van der Waals surface area contributed by atoms with Crippen LogP contribution < -0.4 is 4.90 Å². The second-order valence-electron chi connectivity index (χ2n) is 5.55. The molecule has 1 aliphatic heterocycles. The molecule has 0 spiro atoms. The van der Waals surface area contributed by atoms with Crippen molar-refractivity contribution in [1.82, 2.24) is 9.80 Å². The summed E-state index contributed by atoms with van der Waals surface area (Å²) in [7, 11) is 0. The fourth-order valence-corrected chi connectivity index (χ4v) is 3.14. The summed E-state index contributed by atoms with van der Waals surface area (Å²) in [5.41, 5.74) is 0.538. The molecule has 0 saturated carbocycles. The maximum absolute atomic E-state index is 12.5. The highest BCUT2D eigenvalue weighted by Crippen LogP contribution is 2.25. The van der Waals surface area contributed by atoms with E-state index in [2.05, 4.69) is 11.8 Å². The van der Waals surface area contributed by atoms with Crippen LogP contribution in [-0.4, -0.2) is 60.9 Å². The zero-order valence-corrected chi connectivity index (χ0v) is 14.9. The highest BCUT2D eigenvalue weighted by atomic mass is 35.5. The van der Waals surface area contributed by atoms with Gasteiger partial charge in [-0.1, -0.05) is 30.1 Å². The van der Waals surface area contributed by atoms with E-state index >= 15 is 0 Å². The molecule has 1 aliphatic rings. The first-order chi connectivity index (χ1) is 10.9. The van der Waals surface area contributed by atoms with E-state index in [1.165, 1.54) is 11.8 Å². The Morgan fingerprint density at radius 3 is 2.13 bits per heavy atom. The number of hydrogen-bond acceptors (Lipinski definition) is 3. The van der Waals surface area contributed by atoms with Crippen LogP contribution in [0.4, 0.5) is 5.69 Å². The fourth-order valence-electron chi connectivity index (χ4n) is 2.63. The largest absolute Gasteiger partial charge is 0.339 e. The number of likely N-dealkylation sites (N-methyl/N-ethyl adjacent to an activating group) is 1. The number of halogens is 2. The van der Waals surface area contributed by atoms with Gasteiger partial charge in [-0.2, -0.15) is 0 Å². The maximum Gasteiger partial charge on any atom is 0.242 e. The van der Waals surface area contributed by atoms with Gasteiger partial charge in [0.25, 0.3) is 0 Å². The third-order valence-electron chi connectivity index (χ3n) is 4.00. The van der Waals surface area contributed by atoms with Gasteiger partial charge in [-0.15, -0.1) is 0 Å². The molecule has 1 saturated heterocycles. The molecule has 1 fully saturated rings. The minimum absolute atomic E-state index is 0.00186. The predicted octanol–water partition coefficient (Wildman–Crippen LogP) is 2.51. The van der Waals surface area contributed by atoms with Gasteiger partial charge in [0.15, 0.2) is 0 Å². The zero-order chi connectivity index (χ0) is 17.0. The van der Waals surface area contributed by atoms with Crippen LogP contribution >= 0.6 is 23.2 Å². The summed E-state index contributed by atoms with van der Waals surface area (Å²) < 4.78 is 0. The molecular weight excluding hydrogens is 337 g/mol. The lowest BCUT2D eigenvalue weighted by molar-refractivity contribution is -0.132. The molecule has 0 atom stereocenters. The highest BCUT2D eigenvalue weighted by Gasteiger charge is 2.24. The van der Waals surface area contributed by atoms with E-state index < -0.39 is 0 Å². The molecule has 0 bridgehead atoms. The van der Waals surface area contributed by atoms with Crippen molar-refractivity contribution >= 4 is 40.7 Å². The number of hydrogen-bond donors (Lipinski definition) is 0.